The lowest BCUT2D eigenvalue weighted by Crippen LogP contribution is -2.09. The van der Waals surface area contributed by atoms with Crippen molar-refractivity contribution in [2.75, 3.05) is 5.43 Å². The van der Waals surface area contributed by atoms with Crippen LogP contribution in [0.4, 0.5) is 30.2 Å². The monoisotopic (exact) mass is 382 g/mol. The maximum atomic E-state index is 12.9. The van der Waals surface area contributed by atoms with Crippen molar-refractivity contribution in [1.82, 2.24) is 0 Å². The molecule has 0 aliphatic rings. The van der Waals surface area contributed by atoms with Crippen molar-refractivity contribution in [3.8, 4) is 0 Å². The fraction of sp³-hybridized carbons (Fsp3) is 0.188. The van der Waals surface area contributed by atoms with Crippen LogP contribution in [0.25, 0.3) is 0 Å². The van der Waals surface area contributed by atoms with Crippen LogP contribution in [0.5, 0.6) is 0 Å². The van der Waals surface area contributed by atoms with Crippen LogP contribution in [0.3, 0.4) is 0 Å². The SMILES string of the molecule is C[C@@H](/C=N\Nc1c([N+](=O)[O-])cc(C(F)(F)F)cc1[N+](=O)[O-])c1ccccc1. The summed E-state index contributed by atoms with van der Waals surface area (Å²) in [7, 11) is 0. The molecule has 0 aromatic heterocycles. The van der Waals surface area contributed by atoms with Crippen LogP contribution >= 0.6 is 0 Å². The van der Waals surface area contributed by atoms with Gasteiger partial charge in [-0.1, -0.05) is 37.3 Å². The van der Waals surface area contributed by atoms with E-state index in [0.717, 1.165) is 5.56 Å². The van der Waals surface area contributed by atoms with Crippen molar-refractivity contribution >= 4 is 23.3 Å². The van der Waals surface area contributed by atoms with E-state index in [1.165, 1.54) is 6.21 Å². The molecule has 0 bridgehead atoms. The average molecular weight is 382 g/mol. The fourth-order valence-corrected chi connectivity index (χ4v) is 2.23. The zero-order chi connectivity index (χ0) is 20.2. The highest BCUT2D eigenvalue weighted by Crippen LogP contribution is 2.41. The molecule has 0 saturated heterocycles. The number of hydrogen-bond donors (Lipinski definition) is 1. The summed E-state index contributed by atoms with van der Waals surface area (Å²) < 4.78 is 38.6. The van der Waals surface area contributed by atoms with E-state index < -0.39 is 38.6 Å². The molecule has 0 heterocycles. The maximum absolute atomic E-state index is 12.9. The number of anilines is 1. The number of halogens is 3. The van der Waals surface area contributed by atoms with Crippen LogP contribution in [-0.2, 0) is 6.18 Å². The molecule has 0 amide bonds. The van der Waals surface area contributed by atoms with E-state index in [2.05, 4.69) is 10.5 Å². The number of nitro groups is 2. The zero-order valence-electron chi connectivity index (χ0n) is 13.8. The first-order chi connectivity index (χ1) is 12.6. The van der Waals surface area contributed by atoms with Crippen LogP contribution in [0.15, 0.2) is 47.6 Å². The Kier molecular flexibility index (Phi) is 5.73. The Morgan fingerprint density at radius 1 is 1.07 bits per heavy atom. The highest BCUT2D eigenvalue weighted by atomic mass is 19.4. The van der Waals surface area contributed by atoms with Crippen molar-refractivity contribution in [1.29, 1.82) is 0 Å². The number of rotatable bonds is 6. The van der Waals surface area contributed by atoms with Crippen LogP contribution in [0, 0.1) is 20.2 Å². The van der Waals surface area contributed by atoms with Crippen molar-refractivity contribution in [2.24, 2.45) is 5.10 Å². The van der Waals surface area contributed by atoms with Gasteiger partial charge in [-0.15, -0.1) is 0 Å². The predicted molar refractivity (Wildman–Crippen MR) is 91.7 cm³/mol. The molecule has 0 fully saturated rings. The minimum atomic E-state index is -4.97. The number of hydrazone groups is 1. The summed E-state index contributed by atoms with van der Waals surface area (Å²) in [5.41, 5.74) is -1.41. The Hall–Kier alpha value is -3.50. The Morgan fingerprint density at radius 3 is 2.04 bits per heavy atom. The fourth-order valence-electron chi connectivity index (χ4n) is 2.23. The van der Waals surface area contributed by atoms with Crippen LogP contribution in [0.1, 0.15) is 24.0 Å². The van der Waals surface area contributed by atoms with Crippen LogP contribution in [0.2, 0.25) is 0 Å². The van der Waals surface area contributed by atoms with Gasteiger partial charge in [-0.25, -0.2) is 0 Å². The van der Waals surface area contributed by atoms with Crippen molar-refractivity contribution in [3.63, 3.8) is 0 Å². The van der Waals surface area contributed by atoms with Gasteiger partial charge in [0.15, 0.2) is 0 Å². The molecule has 1 atom stereocenters. The molecule has 2 rings (SSSR count). The van der Waals surface area contributed by atoms with Gasteiger partial charge in [0, 0.05) is 24.3 Å². The summed E-state index contributed by atoms with van der Waals surface area (Å²) in [4.78, 5) is 20.0. The maximum Gasteiger partial charge on any atom is 0.416 e. The molecule has 0 radical (unpaired) electrons. The van der Waals surface area contributed by atoms with E-state index in [0.29, 0.717) is 0 Å². The van der Waals surface area contributed by atoms with Gasteiger partial charge in [0.05, 0.1) is 15.4 Å². The summed E-state index contributed by atoms with van der Waals surface area (Å²) in [6.07, 6.45) is -3.64. The van der Waals surface area contributed by atoms with Crippen molar-refractivity contribution < 1.29 is 23.0 Å². The Balaban J connectivity index is 2.41. The molecular weight excluding hydrogens is 369 g/mol. The first kappa shape index (κ1) is 19.8. The normalized spacial score (nSPS) is 12.7. The van der Waals surface area contributed by atoms with Gasteiger partial charge < -0.3 is 0 Å². The molecule has 11 heteroatoms. The lowest BCUT2D eigenvalue weighted by molar-refractivity contribution is -0.392. The predicted octanol–water partition coefficient (Wildman–Crippen LogP) is 4.72. The van der Waals surface area contributed by atoms with E-state index in [4.69, 9.17) is 0 Å². The summed E-state index contributed by atoms with van der Waals surface area (Å²) in [6, 6.07) is 9.45. The highest BCUT2D eigenvalue weighted by molar-refractivity contribution is 5.77. The minimum Gasteiger partial charge on any atom is -0.266 e. The molecule has 1 N–H and O–H groups in total. The second kappa shape index (κ2) is 7.81. The molecule has 27 heavy (non-hydrogen) atoms. The van der Waals surface area contributed by atoms with Crippen molar-refractivity contribution in [3.05, 3.63) is 73.8 Å². The quantitative estimate of drug-likeness (QED) is 0.441. The molecule has 2 aromatic rings. The van der Waals surface area contributed by atoms with E-state index in [1.807, 2.05) is 0 Å². The van der Waals surface area contributed by atoms with Gasteiger partial charge in [0.1, 0.15) is 0 Å². The molecule has 0 aliphatic carbocycles. The Bertz CT molecular complexity index is 850. The van der Waals surface area contributed by atoms with E-state index in [1.54, 1.807) is 37.3 Å². The van der Waals surface area contributed by atoms with Gasteiger partial charge in [-0.3, -0.25) is 25.7 Å². The molecule has 0 saturated carbocycles. The third kappa shape index (κ3) is 4.77. The van der Waals surface area contributed by atoms with Gasteiger partial charge in [0.25, 0.3) is 0 Å². The van der Waals surface area contributed by atoms with E-state index in [9.17, 15) is 33.4 Å². The molecule has 8 nitrogen and oxygen atoms in total. The number of alkyl halides is 3. The second-order valence-electron chi connectivity index (χ2n) is 5.49. The topological polar surface area (TPSA) is 111 Å². The lowest BCUT2D eigenvalue weighted by atomic mass is 10.0. The van der Waals surface area contributed by atoms with E-state index in [-0.39, 0.29) is 18.1 Å². The summed E-state index contributed by atoms with van der Waals surface area (Å²) in [5.74, 6) is -0.244. The van der Waals surface area contributed by atoms with Gasteiger partial charge in [0.2, 0.25) is 5.69 Å². The number of benzene rings is 2. The Labute approximate surface area is 150 Å². The molecule has 0 aliphatic heterocycles. The minimum absolute atomic E-state index is 0.228. The molecule has 142 valence electrons. The molecular formula is C16H13F3N4O4. The molecule has 0 spiro atoms. The molecule has 0 unspecified atom stereocenters. The third-order valence-electron chi connectivity index (χ3n) is 3.62. The number of nitro benzene ring substituents is 2. The zero-order valence-corrected chi connectivity index (χ0v) is 13.8. The summed E-state index contributed by atoms with van der Waals surface area (Å²) in [6.45, 7) is 1.76. The van der Waals surface area contributed by atoms with Gasteiger partial charge in [-0.2, -0.15) is 18.3 Å². The molecule has 2 aromatic carbocycles. The summed E-state index contributed by atoms with van der Waals surface area (Å²) in [5, 5.41) is 26.0. The second-order valence-corrected chi connectivity index (χ2v) is 5.49. The first-order valence-electron chi connectivity index (χ1n) is 7.49. The van der Waals surface area contributed by atoms with E-state index >= 15 is 0 Å². The Morgan fingerprint density at radius 2 is 1.59 bits per heavy atom. The lowest BCUT2D eigenvalue weighted by Gasteiger charge is -2.10. The summed E-state index contributed by atoms with van der Waals surface area (Å²) >= 11 is 0. The number of hydrogen-bond acceptors (Lipinski definition) is 6. The third-order valence-corrected chi connectivity index (χ3v) is 3.62. The number of nitrogens with zero attached hydrogens (tertiary/aromatic N) is 3. The van der Waals surface area contributed by atoms with Crippen LogP contribution in [-0.4, -0.2) is 16.1 Å². The first-order valence-corrected chi connectivity index (χ1v) is 7.49. The largest absolute Gasteiger partial charge is 0.416 e. The smallest absolute Gasteiger partial charge is 0.266 e. The van der Waals surface area contributed by atoms with Crippen molar-refractivity contribution in [2.45, 2.75) is 19.0 Å². The standard InChI is InChI=1S/C16H13F3N4O4/c1-10(11-5-3-2-4-6-11)9-20-21-15-13(22(24)25)7-12(16(17,18)19)8-14(15)23(26)27/h2-10,21H,1H3/b20-9-/t10-/m0/s1. The number of nitrogens with one attached hydrogen (secondary N) is 1. The van der Waals surface area contributed by atoms with Crippen LogP contribution < -0.4 is 5.43 Å². The van der Waals surface area contributed by atoms with Gasteiger partial charge >= 0.3 is 17.6 Å². The highest BCUT2D eigenvalue weighted by Gasteiger charge is 2.37. The van der Waals surface area contributed by atoms with Gasteiger partial charge in [-0.05, 0) is 5.56 Å². The average Bonchev–Trinajstić information content (AvgIpc) is 2.60.